The van der Waals surface area contributed by atoms with Crippen molar-refractivity contribution in [1.82, 2.24) is 15.5 Å². The molecule has 2 amide bonds. The highest BCUT2D eigenvalue weighted by Crippen LogP contribution is 2.22. The minimum Gasteiger partial charge on any atom is -0.355 e. The van der Waals surface area contributed by atoms with Crippen LogP contribution >= 0.6 is 12.4 Å². The summed E-state index contributed by atoms with van der Waals surface area (Å²) < 4.78 is 0. The molecule has 1 heterocycles. The lowest BCUT2D eigenvalue weighted by molar-refractivity contribution is -0.130. The number of carbonyl (C=O) groups excluding carboxylic acids is 2. The van der Waals surface area contributed by atoms with Gasteiger partial charge in [0.2, 0.25) is 11.8 Å². The minimum absolute atomic E-state index is 0. The van der Waals surface area contributed by atoms with Crippen LogP contribution in [0.4, 0.5) is 0 Å². The van der Waals surface area contributed by atoms with Crippen LogP contribution in [0, 0.1) is 5.92 Å². The number of nitrogens with zero attached hydrogens (tertiary/aromatic N) is 1. The smallest absolute Gasteiger partial charge is 0.225 e. The summed E-state index contributed by atoms with van der Waals surface area (Å²) in [6, 6.07) is 0.285. The molecule has 0 aromatic rings. The van der Waals surface area contributed by atoms with Gasteiger partial charge in [0.25, 0.3) is 0 Å². The Balaban J connectivity index is 0.00000324. The first kappa shape index (κ1) is 18.2. The predicted octanol–water partition coefficient (Wildman–Crippen LogP) is 0.781. The molecule has 1 atom stereocenters. The number of amides is 2. The highest BCUT2D eigenvalue weighted by molar-refractivity contribution is 5.89. The second kappa shape index (κ2) is 9.15. The molecule has 19 heavy (non-hydrogen) atoms. The normalized spacial score (nSPS) is 18.6. The van der Waals surface area contributed by atoms with Gasteiger partial charge < -0.3 is 15.5 Å². The lowest BCUT2D eigenvalue weighted by Gasteiger charge is -2.26. The molecule has 0 aromatic carbocycles. The first-order valence-corrected chi connectivity index (χ1v) is 6.85. The zero-order valence-corrected chi connectivity index (χ0v) is 12.9. The van der Waals surface area contributed by atoms with E-state index in [1.807, 2.05) is 11.9 Å². The van der Waals surface area contributed by atoms with Gasteiger partial charge in [0.05, 0.1) is 5.92 Å². The summed E-state index contributed by atoms with van der Waals surface area (Å²) in [4.78, 5) is 25.7. The van der Waals surface area contributed by atoms with Crippen LogP contribution in [0.1, 0.15) is 33.1 Å². The molecular weight excluding hydrogens is 266 g/mol. The first-order valence-electron chi connectivity index (χ1n) is 6.85. The Hall–Kier alpha value is -0.810. The maximum Gasteiger partial charge on any atom is 0.225 e. The van der Waals surface area contributed by atoms with Crippen LogP contribution in [0.2, 0.25) is 0 Å². The molecule has 1 rings (SSSR count). The molecule has 1 unspecified atom stereocenters. The fraction of sp³-hybridized carbons (Fsp3) is 0.846. The number of hydrogen-bond acceptors (Lipinski definition) is 3. The van der Waals surface area contributed by atoms with Gasteiger partial charge in [-0.1, -0.05) is 13.8 Å². The molecule has 0 aromatic heterocycles. The van der Waals surface area contributed by atoms with Crippen LogP contribution in [-0.4, -0.2) is 49.4 Å². The van der Waals surface area contributed by atoms with Crippen molar-refractivity contribution in [2.24, 2.45) is 5.92 Å². The van der Waals surface area contributed by atoms with Gasteiger partial charge in [0, 0.05) is 32.1 Å². The monoisotopic (exact) mass is 291 g/mol. The quantitative estimate of drug-likeness (QED) is 0.682. The number of halogens is 1. The lowest BCUT2D eigenvalue weighted by atomic mass is 10.1. The van der Waals surface area contributed by atoms with E-state index in [9.17, 15) is 9.59 Å². The van der Waals surface area contributed by atoms with Crippen molar-refractivity contribution < 1.29 is 9.59 Å². The van der Waals surface area contributed by atoms with E-state index in [2.05, 4.69) is 24.5 Å². The van der Waals surface area contributed by atoms with Crippen molar-refractivity contribution in [3.63, 3.8) is 0 Å². The molecule has 0 saturated carbocycles. The standard InChI is InChI=1S/C13H25N3O2.ClH/c1-4-11(5-2)16-9-10(8-12(16)17)13(18)15-7-6-14-3;/h10-11,14H,4-9H2,1-3H3,(H,15,18);1H. The maximum absolute atomic E-state index is 11.9. The molecule has 6 heteroatoms. The fourth-order valence-corrected chi connectivity index (χ4v) is 2.44. The summed E-state index contributed by atoms with van der Waals surface area (Å²) in [5, 5.41) is 5.84. The Morgan fingerprint density at radius 3 is 2.53 bits per heavy atom. The van der Waals surface area contributed by atoms with Gasteiger partial charge in [0.15, 0.2) is 0 Å². The largest absolute Gasteiger partial charge is 0.355 e. The average molecular weight is 292 g/mol. The molecule has 1 aliphatic rings. The van der Waals surface area contributed by atoms with E-state index >= 15 is 0 Å². The third-order valence-corrected chi connectivity index (χ3v) is 3.59. The topological polar surface area (TPSA) is 61.4 Å². The summed E-state index contributed by atoms with van der Waals surface area (Å²) in [6.07, 6.45) is 2.27. The van der Waals surface area contributed by atoms with Gasteiger partial charge in [-0.2, -0.15) is 0 Å². The first-order chi connectivity index (χ1) is 8.63. The van der Waals surface area contributed by atoms with Crippen molar-refractivity contribution in [3.05, 3.63) is 0 Å². The summed E-state index contributed by atoms with van der Waals surface area (Å²) in [7, 11) is 1.85. The van der Waals surface area contributed by atoms with Gasteiger partial charge in [-0.3, -0.25) is 9.59 Å². The molecule has 0 spiro atoms. The second-order valence-electron chi connectivity index (χ2n) is 4.81. The number of rotatable bonds is 7. The number of carbonyl (C=O) groups is 2. The van der Waals surface area contributed by atoms with Gasteiger partial charge >= 0.3 is 0 Å². The Bertz CT molecular complexity index is 296. The van der Waals surface area contributed by atoms with Crippen LogP contribution in [0.5, 0.6) is 0 Å². The average Bonchev–Trinajstić information content (AvgIpc) is 2.74. The number of likely N-dealkylation sites (N-methyl/N-ethyl adjacent to an activating group) is 1. The van der Waals surface area contributed by atoms with Gasteiger partial charge in [-0.05, 0) is 19.9 Å². The molecule has 0 aliphatic carbocycles. The maximum atomic E-state index is 11.9. The summed E-state index contributed by atoms with van der Waals surface area (Å²) in [5.74, 6) is -0.0421. The highest BCUT2D eigenvalue weighted by Gasteiger charge is 2.36. The van der Waals surface area contributed by atoms with Crippen molar-refractivity contribution >= 4 is 24.2 Å². The van der Waals surface area contributed by atoms with E-state index in [0.717, 1.165) is 19.4 Å². The molecule has 112 valence electrons. The van der Waals surface area contributed by atoms with Crippen molar-refractivity contribution in [3.8, 4) is 0 Å². The van der Waals surface area contributed by atoms with Crippen LogP contribution < -0.4 is 10.6 Å². The Morgan fingerprint density at radius 2 is 2.00 bits per heavy atom. The molecule has 0 bridgehead atoms. The van der Waals surface area contributed by atoms with Crippen LogP contribution in [0.15, 0.2) is 0 Å². The van der Waals surface area contributed by atoms with Crippen LogP contribution in [-0.2, 0) is 9.59 Å². The molecule has 0 radical (unpaired) electrons. The molecule has 1 saturated heterocycles. The zero-order valence-electron chi connectivity index (χ0n) is 12.1. The Labute approximate surface area is 121 Å². The fourth-order valence-electron chi connectivity index (χ4n) is 2.44. The zero-order chi connectivity index (χ0) is 13.5. The molecule has 1 aliphatic heterocycles. The third kappa shape index (κ3) is 4.99. The molecule has 1 fully saturated rings. The number of nitrogens with one attached hydrogen (secondary N) is 2. The molecule has 5 nitrogen and oxygen atoms in total. The van der Waals surface area contributed by atoms with Crippen LogP contribution in [0.25, 0.3) is 0 Å². The lowest BCUT2D eigenvalue weighted by Crippen LogP contribution is -2.38. The van der Waals surface area contributed by atoms with E-state index in [0.29, 0.717) is 19.5 Å². The SMILES string of the molecule is CCC(CC)N1CC(C(=O)NCCNC)CC1=O.Cl. The number of hydrogen-bond donors (Lipinski definition) is 2. The van der Waals surface area contributed by atoms with Crippen molar-refractivity contribution in [2.45, 2.75) is 39.2 Å². The van der Waals surface area contributed by atoms with Gasteiger partial charge in [-0.15, -0.1) is 12.4 Å². The Morgan fingerprint density at radius 1 is 1.37 bits per heavy atom. The van der Waals surface area contributed by atoms with Gasteiger partial charge in [0.1, 0.15) is 0 Å². The summed E-state index contributed by atoms with van der Waals surface area (Å²) in [5.41, 5.74) is 0. The van der Waals surface area contributed by atoms with Gasteiger partial charge in [-0.25, -0.2) is 0 Å². The molecule has 2 N–H and O–H groups in total. The van der Waals surface area contributed by atoms with E-state index in [1.54, 1.807) is 0 Å². The van der Waals surface area contributed by atoms with E-state index in [4.69, 9.17) is 0 Å². The van der Waals surface area contributed by atoms with Crippen molar-refractivity contribution in [1.29, 1.82) is 0 Å². The third-order valence-electron chi connectivity index (χ3n) is 3.59. The minimum atomic E-state index is -0.171. The number of likely N-dealkylation sites (tertiary alicyclic amines) is 1. The highest BCUT2D eigenvalue weighted by atomic mass is 35.5. The summed E-state index contributed by atoms with van der Waals surface area (Å²) >= 11 is 0. The second-order valence-corrected chi connectivity index (χ2v) is 4.81. The van der Waals surface area contributed by atoms with E-state index in [1.165, 1.54) is 0 Å². The summed E-state index contributed by atoms with van der Waals surface area (Å²) in [6.45, 7) is 6.12. The van der Waals surface area contributed by atoms with E-state index < -0.39 is 0 Å². The van der Waals surface area contributed by atoms with Crippen molar-refractivity contribution in [2.75, 3.05) is 26.7 Å². The van der Waals surface area contributed by atoms with E-state index in [-0.39, 0.29) is 36.2 Å². The van der Waals surface area contributed by atoms with Crippen LogP contribution in [0.3, 0.4) is 0 Å². The molecular formula is C13H26ClN3O2. The Kier molecular flexibility index (Phi) is 8.76. The predicted molar refractivity (Wildman–Crippen MR) is 78.4 cm³/mol.